The van der Waals surface area contributed by atoms with E-state index in [4.69, 9.17) is 11.9 Å². The van der Waals surface area contributed by atoms with Crippen LogP contribution in [0.1, 0.15) is 27.2 Å². The van der Waals surface area contributed by atoms with Crippen molar-refractivity contribution in [2.45, 2.75) is 33.2 Å². The third-order valence-electron chi connectivity index (χ3n) is 1.90. The van der Waals surface area contributed by atoms with E-state index in [1.807, 2.05) is 13.8 Å². The molecule has 0 saturated carbocycles. The zero-order chi connectivity index (χ0) is 10.4. The Morgan fingerprint density at radius 2 is 2.08 bits per heavy atom. The summed E-state index contributed by atoms with van der Waals surface area (Å²) in [4.78, 5) is 21.8. The highest BCUT2D eigenvalue weighted by Gasteiger charge is 2.26. The number of amides is 1. The molecule has 13 heavy (non-hydrogen) atoms. The standard InChI is InChI=1S/C8H14ClNO3/c1-4-5(2)7(8(12)13-9)10-6(3)11/h5,7H,4H2,1-3H3,(H,10,11)/t5-,7-/m0/s1. The van der Waals surface area contributed by atoms with E-state index < -0.39 is 12.0 Å². The van der Waals surface area contributed by atoms with Crippen LogP contribution in [0.4, 0.5) is 0 Å². The highest BCUT2D eigenvalue weighted by atomic mass is 35.5. The molecule has 0 aliphatic heterocycles. The topological polar surface area (TPSA) is 55.4 Å². The maximum absolute atomic E-state index is 11.1. The molecule has 0 aliphatic carbocycles. The SMILES string of the molecule is CC[C@H](C)[C@H](NC(C)=O)C(=O)OCl. The van der Waals surface area contributed by atoms with E-state index in [9.17, 15) is 9.59 Å². The Bertz CT molecular complexity index is 196. The second kappa shape index (κ2) is 5.80. The van der Waals surface area contributed by atoms with Crippen molar-refractivity contribution in [3.8, 4) is 0 Å². The largest absolute Gasteiger partial charge is 0.347 e. The molecule has 0 aromatic carbocycles. The van der Waals surface area contributed by atoms with E-state index in [0.29, 0.717) is 0 Å². The summed E-state index contributed by atoms with van der Waals surface area (Å²) < 4.78 is 4.05. The fourth-order valence-electron chi connectivity index (χ4n) is 0.936. The first kappa shape index (κ1) is 12.2. The van der Waals surface area contributed by atoms with Crippen LogP contribution in [0.25, 0.3) is 0 Å². The summed E-state index contributed by atoms with van der Waals surface area (Å²) in [6, 6.07) is -0.653. The highest BCUT2D eigenvalue weighted by molar-refractivity contribution is 6.14. The van der Waals surface area contributed by atoms with Crippen LogP contribution in [0.3, 0.4) is 0 Å². The third-order valence-corrected chi connectivity index (χ3v) is 2.05. The summed E-state index contributed by atoms with van der Waals surface area (Å²) in [6.07, 6.45) is 0.761. The first-order valence-corrected chi connectivity index (χ1v) is 4.43. The summed E-state index contributed by atoms with van der Waals surface area (Å²) in [5.41, 5.74) is 0. The van der Waals surface area contributed by atoms with Crippen LogP contribution in [0, 0.1) is 5.92 Å². The van der Waals surface area contributed by atoms with Crippen LogP contribution < -0.4 is 5.32 Å². The summed E-state index contributed by atoms with van der Waals surface area (Å²) in [7, 11) is 0. The Morgan fingerprint density at radius 1 is 1.54 bits per heavy atom. The van der Waals surface area contributed by atoms with Crippen LogP contribution >= 0.6 is 11.9 Å². The van der Waals surface area contributed by atoms with Crippen molar-refractivity contribution >= 4 is 23.7 Å². The molecule has 0 spiro atoms. The van der Waals surface area contributed by atoms with Gasteiger partial charge in [0.05, 0.1) is 0 Å². The molecule has 0 fully saturated rings. The number of rotatable bonds is 4. The quantitative estimate of drug-likeness (QED) is 0.755. The smallest absolute Gasteiger partial charge is 0.345 e. The highest BCUT2D eigenvalue weighted by Crippen LogP contribution is 2.09. The van der Waals surface area contributed by atoms with Crippen molar-refractivity contribution in [1.29, 1.82) is 0 Å². The number of carbonyl (C=O) groups excluding carboxylic acids is 2. The Morgan fingerprint density at radius 3 is 2.38 bits per heavy atom. The molecule has 1 amide bonds. The average Bonchev–Trinajstić information content (AvgIpc) is 2.11. The van der Waals surface area contributed by atoms with Gasteiger partial charge in [-0.25, -0.2) is 4.79 Å². The van der Waals surface area contributed by atoms with E-state index in [-0.39, 0.29) is 11.8 Å². The minimum Gasteiger partial charge on any atom is -0.345 e. The molecule has 0 aromatic heterocycles. The van der Waals surface area contributed by atoms with E-state index in [1.54, 1.807) is 0 Å². The lowest BCUT2D eigenvalue weighted by Gasteiger charge is -2.19. The van der Waals surface area contributed by atoms with E-state index >= 15 is 0 Å². The van der Waals surface area contributed by atoms with Gasteiger partial charge >= 0.3 is 5.97 Å². The molecule has 0 aliphatic rings. The number of halogens is 1. The van der Waals surface area contributed by atoms with Crippen LogP contribution in [0.2, 0.25) is 0 Å². The van der Waals surface area contributed by atoms with Gasteiger partial charge in [0, 0.05) is 6.92 Å². The predicted octanol–water partition coefficient (Wildman–Crippen LogP) is 1.23. The Balaban J connectivity index is 4.35. The zero-order valence-corrected chi connectivity index (χ0v) is 8.72. The molecule has 4 nitrogen and oxygen atoms in total. The Labute approximate surface area is 82.8 Å². The van der Waals surface area contributed by atoms with Gasteiger partial charge in [-0.1, -0.05) is 20.3 Å². The lowest BCUT2D eigenvalue weighted by molar-refractivity contribution is -0.140. The summed E-state index contributed by atoms with van der Waals surface area (Å²) in [6.45, 7) is 5.10. The molecule has 5 heteroatoms. The average molecular weight is 208 g/mol. The van der Waals surface area contributed by atoms with Gasteiger partial charge in [-0.3, -0.25) is 4.79 Å². The van der Waals surface area contributed by atoms with Gasteiger partial charge in [0.2, 0.25) is 5.91 Å². The first-order valence-electron chi connectivity index (χ1n) is 4.12. The normalized spacial score (nSPS) is 14.5. The number of hydrogen-bond donors (Lipinski definition) is 1. The van der Waals surface area contributed by atoms with Crippen molar-refractivity contribution in [3.63, 3.8) is 0 Å². The molecule has 0 unspecified atom stereocenters. The second-order valence-corrected chi connectivity index (χ2v) is 3.11. The Kier molecular flexibility index (Phi) is 5.46. The lowest BCUT2D eigenvalue weighted by atomic mass is 9.99. The molecule has 0 radical (unpaired) electrons. The third kappa shape index (κ3) is 4.12. The van der Waals surface area contributed by atoms with Crippen LogP contribution in [-0.4, -0.2) is 17.9 Å². The van der Waals surface area contributed by atoms with Crippen molar-refractivity contribution in [2.75, 3.05) is 0 Å². The van der Waals surface area contributed by atoms with Crippen LogP contribution in [-0.2, 0) is 13.9 Å². The van der Waals surface area contributed by atoms with E-state index in [1.165, 1.54) is 6.92 Å². The Hall–Kier alpha value is -0.770. The molecule has 0 aromatic rings. The molecular formula is C8H14ClNO3. The van der Waals surface area contributed by atoms with Crippen LogP contribution in [0.15, 0.2) is 0 Å². The van der Waals surface area contributed by atoms with Crippen molar-refractivity contribution < 1.29 is 13.9 Å². The van der Waals surface area contributed by atoms with Gasteiger partial charge in [-0.2, -0.15) is 0 Å². The minimum atomic E-state index is -0.653. The van der Waals surface area contributed by atoms with Gasteiger partial charge in [0.25, 0.3) is 0 Å². The van der Waals surface area contributed by atoms with Gasteiger partial charge in [-0.15, -0.1) is 0 Å². The molecule has 0 saturated heterocycles. The zero-order valence-electron chi connectivity index (χ0n) is 7.96. The molecule has 0 heterocycles. The monoisotopic (exact) mass is 207 g/mol. The van der Waals surface area contributed by atoms with Crippen molar-refractivity contribution in [3.05, 3.63) is 0 Å². The number of carbonyl (C=O) groups is 2. The molecule has 0 rings (SSSR count). The lowest BCUT2D eigenvalue weighted by Crippen LogP contribution is -2.44. The molecule has 76 valence electrons. The molecular weight excluding hydrogens is 194 g/mol. The summed E-state index contributed by atoms with van der Waals surface area (Å²) in [5, 5.41) is 2.48. The first-order chi connectivity index (χ1) is 6.02. The van der Waals surface area contributed by atoms with Crippen molar-refractivity contribution in [2.24, 2.45) is 5.92 Å². The van der Waals surface area contributed by atoms with Crippen molar-refractivity contribution in [1.82, 2.24) is 5.32 Å². The summed E-state index contributed by atoms with van der Waals surface area (Å²) in [5.74, 6) is -0.881. The number of hydrogen-bond acceptors (Lipinski definition) is 3. The van der Waals surface area contributed by atoms with E-state index in [0.717, 1.165) is 6.42 Å². The maximum Gasteiger partial charge on any atom is 0.347 e. The predicted molar refractivity (Wildman–Crippen MR) is 49.0 cm³/mol. The summed E-state index contributed by atoms with van der Waals surface area (Å²) >= 11 is 4.93. The maximum atomic E-state index is 11.1. The fourth-order valence-corrected chi connectivity index (χ4v) is 1.03. The minimum absolute atomic E-state index is 0.00940. The molecule has 0 bridgehead atoms. The molecule has 2 atom stereocenters. The van der Waals surface area contributed by atoms with E-state index in [2.05, 4.69) is 9.61 Å². The number of nitrogens with one attached hydrogen (secondary N) is 1. The fraction of sp³-hybridized carbons (Fsp3) is 0.750. The van der Waals surface area contributed by atoms with Gasteiger partial charge in [0.15, 0.2) is 0 Å². The van der Waals surface area contributed by atoms with Gasteiger partial charge < -0.3 is 9.61 Å². The van der Waals surface area contributed by atoms with Crippen LogP contribution in [0.5, 0.6) is 0 Å². The van der Waals surface area contributed by atoms with Gasteiger partial charge in [-0.05, 0) is 5.92 Å². The second-order valence-electron chi connectivity index (χ2n) is 2.96. The molecule has 1 N–H and O–H groups in total. The van der Waals surface area contributed by atoms with Gasteiger partial charge in [0.1, 0.15) is 17.9 Å².